The van der Waals surface area contributed by atoms with E-state index in [0.717, 1.165) is 30.7 Å². The van der Waals surface area contributed by atoms with Gasteiger partial charge in [-0.05, 0) is 44.1 Å². The number of hydrogen-bond acceptors (Lipinski definition) is 3. The van der Waals surface area contributed by atoms with E-state index >= 15 is 0 Å². The van der Waals surface area contributed by atoms with Gasteiger partial charge >= 0.3 is 0 Å². The van der Waals surface area contributed by atoms with Crippen LogP contribution >= 0.6 is 0 Å². The lowest BCUT2D eigenvalue weighted by atomic mass is 9.76. The normalized spacial score (nSPS) is 27.5. The molecule has 19 heavy (non-hydrogen) atoms. The van der Waals surface area contributed by atoms with Crippen LogP contribution in [0.1, 0.15) is 50.9 Å². The van der Waals surface area contributed by atoms with Crippen LogP contribution in [0, 0.1) is 5.92 Å². The van der Waals surface area contributed by atoms with Crippen molar-refractivity contribution < 1.29 is 9.90 Å². The van der Waals surface area contributed by atoms with E-state index in [1.165, 1.54) is 0 Å². The average Bonchev–Trinajstić information content (AvgIpc) is 2.74. The zero-order valence-corrected chi connectivity index (χ0v) is 12.1. The van der Waals surface area contributed by atoms with Gasteiger partial charge in [-0.25, -0.2) is 0 Å². The molecule has 1 saturated carbocycles. The number of rotatable bonds is 4. The van der Waals surface area contributed by atoms with E-state index in [0.29, 0.717) is 18.8 Å². The molecule has 0 amide bonds. The molecule has 0 spiro atoms. The van der Waals surface area contributed by atoms with Crippen LogP contribution in [0.3, 0.4) is 0 Å². The maximum Gasteiger partial charge on any atom is 0.170 e. The van der Waals surface area contributed by atoms with E-state index < -0.39 is 5.60 Å². The largest absolute Gasteiger partial charge is 0.382 e. The van der Waals surface area contributed by atoms with Gasteiger partial charge < -0.3 is 5.11 Å². The Balaban J connectivity index is 2.06. The number of carbonyl (C=O) groups excluding carboxylic acids is 1. The average molecular weight is 264 g/mol. The lowest BCUT2D eigenvalue weighted by Gasteiger charge is -2.33. The van der Waals surface area contributed by atoms with Crippen LogP contribution in [-0.2, 0) is 24.7 Å². The maximum absolute atomic E-state index is 12.4. The van der Waals surface area contributed by atoms with E-state index in [9.17, 15) is 9.90 Å². The molecule has 0 radical (unpaired) electrons. The molecule has 4 nitrogen and oxygen atoms in total. The zero-order valence-electron chi connectivity index (χ0n) is 12.1. The SMILES string of the molecule is CCc1cc(CC(=O)C2(O)CCC(C)CC2)n(C)n1. The Labute approximate surface area is 114 Å². The van der Waals surface area contributed by atoms with E-state index in [2.05, 4.69) is 12.0 Å². The Hall–Kier alpha value is -1.16. The van der Waals surface area contributed by atoms with Gasteiger partial charge in [0, 0.05) is 12.7 Å². The molecule has 1 fully saturated rings. The second-order valence-electron chi connectivity index (χ2n) is 5.92. The first-order chi connectivity index (χ1) is 8.94. The molecule has 0 saturated heterocycles. The highest BCUT2D eigenvalue weighted by atomic mass is 16.3. The number of aromatic nitrogens is 2. The van der Waals surface area contributed by atoms with Gasteiger partial charge in [-0.3, -0.25) is 9.48 Å². The van der Waals surface area contributed by atoms with Crippen molar-refractivity contribution >= 4 is 5.78 Å². The topological polar surface area (TPSA) is 55.1 Å². The van der Waals surface area contributed by atoms with Gasteiger partial charge in [-0.15, -0.1) is 0 Å². The molecule has 1 N–H and O–H groups in total. The molecule has 1 aliphatic carbocycles. The summed E-state index contributed by atoms with van der Waals surface area (Å²) >= 11 is 0. The van der Waals surface area contributed by atoms with E-state index in [4.69, 9.17) is 0 Å². The first-order valence-electron chi connectivity index (χ1n) is 7.22. The standard InChI is InChI=1S/C15H24N2O2/c1-4-12-9-13(17(3)16-12)10-14(18)15(19)7-5-11(2)6-8-15/h9,11,19H,4-8,10H2,1-3H3. The van der Waals surface area contributed by atoms with Crippen LogP contribution in [0.2, 0.25) is 0 Å². The van der Waals surface area contributed by atoms with Crippen LogP contribution in [0.5, 0.6) is 0 Å². The lowest BCUT2D eigenvalue weighted by molar-refractivity contribution is -0.140. The molecule has 1 aromatic heterocycles. The molecule has 0 aliphatic heterocycles. The number of nitrogens with zero attached hydrogens (tertiary/aromatic N) is 2. The molecule has 0 bridgehead atoms. The molecule has 1 aliphatic rings. The molecule has 1 aromatic rings. The zero-order chi connectivity index (χ0) is 14.0. The summed E-state index contributed by atoms with van der Waals surface area (Å²) in [4.78, 5) is 12.4. The van der Waals surface area contributed by atoms with Gasteiger partial charge in [0.15, 0.2) is 5.78 Å². The fraction of sp³-hybridized carbons (Fsp3) is 0.733. The van der Waals surface area contributed by atoms with Gasteiger partial charge in [0.1, 0.15) is 5.60 Å². The minimum absolute atomic E-state index is 0.0509. The Morgan fingerprint density at radius 2 is 2.16 bits per heavy atom. The summed E-state index contributed by atoms with van der Waals surface area (Å²) in [6.45, 7) is 4.22. The highest BCUT2D eigenvalue weighted by Gasteiger charge is 2.38. The number of aryl methyl sites for hydroxylation is 2. The van der Waals surface area contributed by atoms with Crippen molar-refractivity contribution in [2.75, 3.05) is 0 Å². The Bertz CT molecular complexity index is 457. The summed E-state index contributed by atoms with van der Waals surface area (Å²) < 4.78 is 1.76. The van der Waals surface area contributed by atoms with Crippen molar-refractivity contribution in [1.29, 1.82) is 0 Å². The van der Waals surface area contributed by atoms with Crippen molar-refractivity contribution in [2.45, 2.75) is 58.0 Å². The minimum atomic E-state index is -1.11. The van der Waals surface area contributed by atoms with Crippen LogP contribution in [-0.4, -0.2) is 26.3 Å². The predicted molar refractivity (Wildman–Crippen MR) is 73.9 cm³/mol. The molecule has 0 unspecified atom stereocenters. The third-order valence-corrected chi connectivity index (χ3v) is 4.35. The third kappa shape index (κ3) is 3.06. The third-order valence-electron chi connectivity index (χ3n) is 4.35. The quantitative estimate of drug-likeness (QED) is 0.905. The van der Waals surface area contributed by atoms with Crippen molar-refractivity contribution in [3.05, 3.63) is 17.5 Å². The number of ketones is 1. The highest BCUT2D eigenvalue weighted by Crippen LogP contribution is 2.33. The highest BCUT2D eigenvalue weighted by molar-refractivity contribution is 5.88. The number of aliphatic hydroxyl groups is 1. The second kappa shape index (κ2) is 5.45. The molecule has 0 atom stereocenters. The molecular weight excluding hydrogens is 240 g/mol. The van der Waals surface area contributed by atoms with Crippen molar-refractivity contribution in [2.24, 2.45) is 13.0 Å². The van der Waals surface area contributed by atoms with Crippen molar-refractivity contribution in [1.82, 2.24) is 9.78 Å². The summed E-state index contributed by atoms with van der Waals surface area (Å²) in [6, 6.07) is 1.96. The summed E-state index contributed by atoms with van der Waals surface area (Å²) in [5.74, 6) is 0.571. The predicted octanol–water partition coefficient (Wildman–Crippen LogP) is 2.04. The van der Waals surface area contributed by atoms with Crippen LogP contribution in [0.15, 0.2) is 6.07 Å². The number of hydrogen-bond donors (Lipinski definition) is 1. The molecule has 1 heterocycles. The van der Waals surface area contributed by atoms with Gasteiger partial charge in [-0.1, -0.05) is 13.8 Å². The second-order valence-corrected chi connectivity index (χ2v) is 5.92. The first-order valence-corrected chi connectivity index (χ1v) is 7.22. The van der Waals surface area contributed by atoms with Gasteiger partial charge in [-0.2, -0.15) is 5.10 Å². The minimum Gasteiger partial charge on any atom is -0.382 e. The number of carbonyl (C=O) groups is 1. The van der Waals surface area contributed by atoms with Crippen LogP contribution < -0.4 is 0 Å². The van der Waals surface area contributed by atoms with Crippen LogP contribution in [0.4, 0.5) is 0 Å². The van der Waals surface area contributed by atoms with E-state index in [1.807, 2.05) is 20.0 Å². The fourth-order valence-electron chi connectivity index (χ4n) is 2.76. The molecule has 2 rings (SSSR count). The molecule has 0 aromatic carbocycles. The molecule has 4 heteroatoms. The summed E-state index contributed by atoms with van der Waals surface area (Å²) in [6.07, 6.45) is 4.23. The van der Waals surface area contributed by atoms with Gasteiger partial charge in [0.05, 0.1) is 12.1 Å². The summed E-state index contributed by atoms with van der Waals surface area (Å²) in [5, 5.41) is 14.8. The number of Topliss-reactive ketones (excluding diaryl/α,β-unsaturated/α-hetero) is 1. The Morgan fingerprint density at radius 1 is 1.53 bits per heavy atom. The summed E-state index contributed by atoms with van der Waals surface area (Å²) in [7, 11) is 1.86. The monoisotopic (exact) mass is 264 g/mol. The van der Waals surface area contributed by atoms with Crippen molar-refractivity contribution in [3.63, 3.8) is 0 Å². The smallest absolute Gasteiger partial charge is 0.170 e. The van der Waals surface area contributed by atoms with Gasteiger partial charge in [0.2, 0.25) is 0 Å². The first kappa shape index (κ1) is 14.3. The Morgan fingerprint density at radius 3 is 2.68 bits per heavy atom. The Kier molecular flexibility index (Phi) is 4.09. The molecular formula is C15H24N2O2. The fourth-order valence-corrected chi connectivity index (χ4v) is 2.76. The van der Waals surface area contributed by atoms with E-state index in [1.54, 1.807) is 4.68 Å². The van der Waals surface area contributed by atoms with Gasteiger partial charge in [0.25, 0.3) is 0 Å². The lowest BCUT2D eigenvalue weighted by Crippen LogP contribution is -2.43. The van der Waals surface area contributed by atoms with Crippen molar-refractivity contribution in [3.8, 4) is 0 Å². The van der Waals surface area contributed by atoms with E-state index in [-0.39, 0.29) is 12.2 Å². The summed E-state index contributed by atoms with van der Waals surface area (Å²) in [5.41, 5.74) is 0.784. The molecule has 106 valence electrons. The van der Waals surface area contributed by atoms with Crippen LogP contribution in [0.25, 0.3) is 0 Å². The maximum atomic E-state index is 12.4.